The highest BCUT2D eigenvalue weighted by Gasteiger charge is 2.24. The van der Waals surface area contributed by atoms with Crippen molar-refractivity contribution in [2.75, 3.05) is 11.4 Å². The number of nitrogens with two attached hydrogens (primary N) is 1. The average molecular weight is 342 g/mol. The Morgan fingerprint density at radius 3 is 2.67 bits per heavy atom. The van der Waals surface area contributed by atoms with E-state index in [1.54, 1.807) is 12.1 Å². The molecule has 0 atom stereocenters. The van der Waals surface area contributed by atoms with Crippen molar-refractivity contribution in [2.24, 2.45) is 5.14 Å². The monoisotopic (exact) mass is 342 g/mol. The van der Waals surface area contributed by atoms with Crippen molar-refractivity contribution in [2.45, 2.75) is 31.1 Å². The minimum absolute atomic E-state index is 0.196. The molecule has 0 spiro atoms. The van der Waals surface area contributed by atoms with Crippen LogP contribution in [0.15, 0.2) is 53.4 Å². The summed E-state index contributed by atoms with van der Waals surface area (Å²) < 4.78 is 24.3. The molecule has 1 heterocycles. The van der Waals surface area contributed by atoms with E-state index in [4.69, 9.17) is 5.14 Å². The van der Waals surface area contributed by atoms with E-state index in [0.29, 0.717) is 12.2 Å². The zero-order valence-corrected chi connectivity index (χ0v) is 14.6. The van der Waals surface area contributed by atoms with Crippen LogP contribution in [0.3, 0.4) is 0 Å². The van der Waals surface area contributed by atoms with Crippen LogP contribution in [0, 0.1) is 0 Å². The molecular weight excluding hydrogens is 320 g/mol. The molecule has 24 heavy (non-hydrogen) atoms. The summed E-state index contributed by atoms with van der Waals surface area (Å²) in [5.74, 6) is 0. The average Bonchev–Trinajstić information content (AvgIpc) is 2.58. The molecule has 0 saturated heterocycles. The smallest absolute Gasteiger partial charge is 0.240 e. The number of primary sulfonamides is 1. The summed E-state index contributed by atoms with van der Waals surface area (Å²) in [7, 11) is -3.80. The number of hydrogen-bond acceptors (Lipinski definition) is 3. The van der Waals surface area contributed by atoms with Crippen molar-refractivity contribution in [1.29, 1.82) is 0 Å². The molecule has 1 aliphatic heterocycles. The summed E-state index contributed by atoms with van der Waals surface area (Å²) in [5, 5.41) is 5.51. The van der Waals surface area contributed by atoms with Crippen molar-refractivity contribution >= 4 is 27.5 Å². The topological polar surface area (TPSA) is 63.4 Å². The zero-order valence-electron chi connectivity index (χ0n) is 13.8. The summed E-state index contributed by atoms with van der Waals surface area (Å²) in [5.41, 5.74) is 3.82. The largest absolute Gasteiger partial charge is 0.336 e. The van der Waals surface area contributed by atoms with E-state index >= 15 is 0 Å². The minimum atomic E-state index is -3.80. The van der Waals surface area contributed by atoms with Gasteiger partial charge in [0.1, 0.15) is 4.90 Å². The lowest BCUT2D eigenvalue weighted by atomic mass is 10.0. The number of unbranched alkanes of at least 4 members (excludes halogenated alkanes) is 1. The van der Waals surface area contributed by atoms with Crippen LogP contribution in [0.5, 0.6) is 0 Å². The molecule has 4 nitrogen and oxygen atoms in total. The molecule has 0 amide bonds. The normalized spacial score (nSPS) is 13.8. The van der Waals surface area contributed by atoms with Gasteiger partial charge in [-0.2, -0.15) is 0 Å². The first-order chi connectivity index (χ1) is 11.5. The van der Waals surface area contributed by atoms with E-state index in [-0.39, 0.29) is 4.90 Å². The van der Waals surface area contributed by atoms with E-state index in [2.05, 4.69) is 17.9 Å². The van der Waals surface area contributed by atoms with E-state index in [9.17, 15) is 8.42 Å². The highest BCUT2D eigenvalue weighted by molar-refractivity contribution is 7.89. The van der Waals surface area contributed by atoms with Gasteiger partial charge >= 0.3 is 0 Å². The predicted molar refractivity (Wildman–Crippen MR) is 98.9 cm³/mol. The maximum atomic E-state index is 12.2. The number of benzene rings is 2. The third kappa shape index (κ3) is 3.23. The number of aryl methyl sites for hydroxylation is 1. The molecule has 126 valence electrons. The second-order valence-corrected chi connectivity index (χ2v) is 7.51. The van der Waals surface area contributed by atoms with E-state index in [0.717, 1.165) is 36.1 Å². The van der Waals surface area contributed by atoms with Gasteiger partial charge in [-0.25, -0.2) is 13.6 Å². The van der Waals surface area contributed by atoms with Gasteiger partial charge in [-0.05, 0) is 36.1 Å². The molecule has 3 rings (SSSR count). The third-order valence-corrected chi connectivity index (χ3v) is 5.21. The van der Waals surface area contributed by atoms with E-state index in [1.807, 2.05) is 36.4 Å². The van der Waals surface area contributed by atoms with Crippen molar-refractivity contribution in [3.8, 4) is 0 Å². The van der Waals surface area contributed by atoms with Crippen molar-refractivity contribution in [3.63, 3.8) is 0 Å². The molecule has 2 N–H and O–H groups in total. The number of hydrogen-bond donors (Lipinski definition) is 1. The van der Waals surface area contributed by atoms with Crippen LogP contribution < -0.4 is 10.0 Å². The fourth-order valence-corrected chi connectivity index (χ4v) is 3.92. The van der Waals surface area contributed by atoms with Gasteiger partial charge in [0.05, 0.1) is 5.69 Å². The summed E-state index contributed by atoms with van der Waals surface area (Å²) >= 11 is 0. The highest BCUT2D eigenvalue weighted by atomic mass is 32.2. The number of sulfonamides is 1. The highest BCUT2D eigenvalue weighted by Crippen LogP contribution is 2.38. The van der Waals surface area contributed by atoms with Crippen LogP contribution in [-0.2, 0) is 16.4 Å². The number of fused-ring (bicyclic) bond motifs is 1. The first-order valence-electron chi connectivity index (χ1n) is 8.20. The Morgan fingerprint density at radius 2 is 1.92 bits per heavy atom. The molecule has 0 bridgehead atoms. The maximum absolute atomic E-state index is 12.2. The van der Waals surface area contributed by atoms with Crippen LogP contribution in [-0.4, -0.2) is 15.0 Å². The van der Waals surface area contributed by atoms with Crippen LogP contribution in [0.1, 0.15) is 30.9 Å². The number of para-hydroxylation sites is 2. The Hall–Kier alpha value is -2.11. The standard InChI is InChI=1S/C19H22N2O2S/c1-2-3-8-16-10-6-13-18(24(20,22)23)19(16)21-14-7-11-15-9-4-5-12-17(15)21/h4-7,9-13H,2-3,8,14H2,1H3,(H2,20,22,23). The number of anilines is 2. The fraction of sp³-hybridized carbons (Fsp3) is 0.263. The molecule has 2 aromatic carbocycles. The zero-order chi connectivity index (χ0) is 17.2. The molecule has 0 radical (unpaired) electrons. The first-order valence-corrected chi connectivity index (χ1v) is 9.75. The van der Waals surface area contributed by atoms with Gasteiger partial charge in [0.25, 0.3) is 0 Å². The van der Waals surface area contributed by atoms with Crippen LogP contribution in [0.25, 0.3) is 6.08 Å². The summed E-state index contributed by atoms with van der Waals surface area (Å²) in [4.78, 5) is 2.25. The number of rotatable bonds is 5. The Balaban J connectivity index is 2.20. The quantitative estimate of drug-likeness (QED) is 0.898. The molecule has 0 aromatic heterocycles. The Morgan fingerprint density at radius 1 is 1.12 bits per heavy atom. The van der Waals surface area contributed by atoms with Gasteiger partial charge in [0.15, 0.2) is 0 Å². The van der Waals surface area contributed by atoms with Crippen molar-refractivity contribution in [3.05, 3.63) is 59.7 Å². The van der Waals surface area contributed by atoms with Gasteiger partial charge in [-0.15, -0.1) is 0 Å². The van der Waals surface area contributed by atoms with Gasteiger partial charge < -0.3 is 4.90 Å². The van der Waals surface area contributed by atoms with Crippen LogP contribution in [0.2, 0.25) is 0 Å². The number of nitrogens with zero attached hydrogens (tertiary/aromatic N) is 1. The van der Waals surface area contributed by atoms with Crippen LogP contribution >= 0.6 is 0 Å². The van der Waals surface area contributed by atoms with Crippen molar-refractivity contribution < 1.29 is 8.42 Å². The Kier molecular flexibility index (Phi) is 4.73. The van der Waals surface area contributed by atoms with E-state index in [1.165, 1.54) is 0 Å². The molecule has 0 unspecified atom stereocenters. The molecule has 0 fully saturated rings. The van der Waals surface area contributed by atoms with Gasteiger partial charge in [-0.3, -0.25) is 0 Å². The first kappa shape index (κ1) is 16.7. The molecule has 5 heteroatoms. The van der Waals surface area contributed by atoms with Gasteiger partial charge in [0, 0.05) is 12.2 Å². The Bertz CT molecular complexity index is 873. The maximum Gasteiger partial charge on any atom is 0.240 e. The van der Waals surface area contributed by atoms with Crippen molar-refractivity contribution in [1.82, 2.24) is 0 Å². The molecule has 0 aliphatic carbocycles. The van der Waals surface area contributed by atoms with Gasteiger partial charge in [0.2, 0.25) is 10.0 Å². The summed E-state index contributed by atoms with van der Waals surface area (Å²) in [6, 6.07) is 13.4. The van der Waals surface area contributed by atoms with Gasteiger partial charge in [-0.1, -0.05) is 55.8 Å². The molecular formula is C19H22N2O2S. The third-order valence-electron chi connectivity index (χ3n) is 4.27. The minimum Gasteiger partial charge on any atom is -0.336 e. The summed E-state index contributed by atoms with van der Waals surface area (Å²) in [6.07, 6.45) is 7.00. The lowest BCUT2D eigenvalue weighted by Gasteiger charge is -2.31. The Labute approximate surface area is 143 Å². The van der Waals surface area contributed by atoms with E-state index < -0.39 is 10.0 Å². The lowest BCUT2D eigenvalue weighted by Crippen LogP contribution is -2.25. The molecule has 2 aromatic rings. The fourth-order valence-electron chi connectivity index (χ4n) is 3.14. The molecule has 1 aliphatic rings. The van der Waals surface area contributed by atoms with Crippen LogP contribution in [0.4, 0.5) is 11.4 Å². The SMILES string of the molecule is CCCCc1cccc(S(N)(=O)=O)c1N1CC=Cc2ccccc21. The predicted octanol–water partition coefficient (Wildman–Crippen LogP) is 3.84. The second kappa shape index (κ2) is 6.79. The molecule has 0 saturated carbocycles. The lowest BCUT2D eigenvalue weighted by molar-refractivity contribution is 0.597. The summed E-state index contributed by atoms with van der Waals surface area (Å²) in [6.45, 7) is 2.75. The second-order valence-electron chi connectivity index (χ2n) is 5.98.